The Kier molecular flexibility index (Phi) is 3.15. The van der Waals surface area contributed by atoms with Crippen LogP contribution in [-0.4, -0.2) is 10.2 Å². The number of aromatic amines is 2. The maximum absolute atomic E-state index is 11.5. The number of rotatable bonds is 4. The lowest BCUT2D eigenvalue weighted by atomic mass is 10.0. The number of ether oxygens (including phenoxy) is 1. The smallest absolute Gasteiger partial charge is 0.269 e. The fourth-order valence-corrected chi connectivity index (χ4v) is 1.67. The monoisotopic (exact) mass is 232 g/mol. The minimum absolute atomic E-state index is 0.136. The van der Waals surface area contributed by atoms with Gasteiger partial charge in [-0.25, -0.2) is 0 Å². The minimum Gasteiger partial charge on any atom is -0.366 e. The van der Waals surface area contributed by atoms with Crippen molar-refractivity contribution in [2.24, 2.45) is 0 Å². The molecule has 90 valence electrons. The Balaban J connectivity index is 2.09. The van der Waals surface area contributed by atoms with Crippen LogP contribution >= 0.6 is 0 Å². The summed E-state index contributed by atoms with van der Waals surface area (Å²) in [6, 6.07) is 9.89. The predicted octanol–water partition coefficient (Wildman–Crippen LogP) is 2.15. The molecule has 0 bridgehead atoms. The fourth-order valence-electron chi connectivity index (χ4n) is 1.67. The molecule has 17 heavy (non-hydrogen) atoms. The molecular weight excluding hydrogens is 216 g/mol. The molecule has 0 amide bonds. The van der Waals surface area contributed by atoms with Crippen LogP contribution in [0.1, 0.15) is 25.0 Å². The molecule has 0 aliphatic rings. The lowest BCUT2D eigenvalue weighted by molar-refractivity contribution is -0.0343. The van der Waals surface area contributed by atoms with E-state index in [0.717, 1.165) is 5.56 Å². The summed E-state index contributed by atoms with van der Waals surface area (Å²) in [5, 5.41) is 5.20. The highest BCUT2D eigenvalue weighted by molar-refractivity contribution is 5.15. The lowest BCUT2D eigenvalue weighted by Crippen LogP contribution is -2.27. The van der Waals surface area contributed by atoms with E-state index in [4.69, 9.17) is 4.74 Å². The Morgan fingerprint density at radius 2 is 1.94 bits per heavy atom. The van der Waals surface area contributed by atoms with Crippen molar-refractivity contribution in [1.82, 2.24) is 10.2 Å². The van der Waals surface area contributed by atoms with E-state index >= 15 is 0 Å². The van der Waals surface area contributed by atoms with Crippen molar-refractivity contribution < 1.29 is 4.74 Å². The molecule has 1 heterocycles. The Labute approximate surface area is 99.6 Å². The van der Waals surface area contributed by atoms with E-state index in [9.17, 15) is 4.79 Å². The number of nitrogens with one attached hydrogen (secondary N) is 2. The third kappa shape index (κ3) is 2.65. The Morgan fingerprint density at radius 1 is 1.24 bits per heavy atom. The second-order valence-electron chi connectivity index (χ2n) is 4.44. The third-order valence-electron chi connectivity index (χ3n) is 2.74. The van der Waals surface area contributed by atoms with Crippen LogP contribution in [0.2, 0.25) is 0 Å². The topological polar surface area (TPSA) is 57.9 Å². The highest BCUT2D eigenvalue weighted by Gasteiger charge is 2.25. The van der Waals surface area contributed by atoms with E-state index in [0.29, 0.717) is 12.2 Å². The zero-order chi connectivity index (χ0) is 12.3. The Morgan fingerprint density at radius 3 is 2.53 bits per heavy atom. The summed E-state index contributed by atoms with van der Waals surface area (Å²) in [4.78, 5) is 11.5. The molecule has 0 saturated carbocycles. The van der Waals surface area contributed by atoms with Gasteiger partial charge in [0.2, 0.25) is 0 Å². The van der Waals surface area contributed by atoms with Crippen molar-refractivity contribution >= 4 is 0 Å². The predicted molar refractivity (Wildman–Crippen MR) is 65.7 cm³/mol. The molecule has 0 saturated heterocycles. The highest BCUT2D eigenvalue weighted by Crippen LogP contribution is 2.22. The van der Waals surface area contributed by atoms with Gasteiger partial charge in [0.05, 0.1) is 17.8 Å². The van der Waals surface area contributed by atoms with Crippen LogP contribution < -0.4 is 5.56 Å². The zero-order valence-electron chi connectivity index (χ0n) is 9.99. The van der Waals surface area contributed by atoms with E-state index in [2.05, 4.69) is 10.2 Å². The molecule has 0 spiro atoms. The number of H-pyrrole nitrogens is 2. The van der Waals surface area contributed by atoms with Crippen molar-refractivity contribution in [3.8, 4) is 0 Å². The number of hydrogen-bond donors (Lipinski definition) is 2. The second kappa shape index (κ2) is 4.59. The van der Waals surface area contributed by atoms with Crippen LogP contribution in [0.15, 0.2) is 41.3 Å². The molecular formula is C13H16N2O2. The average molecular weight is 232 g/mol. The molecule has 2 N–H and O–H groups in total. The summed E-state index contributed by atoms with van der Waals surface area (Å²) in [6.07, 6.45) is 1.65. The van der Waals surface area contributed by atoms with Gasteiger partial charge in [0.15, 0.2) is 0 Å². The molecule has 0 unspecified atom stereocenters. The highest BCUT2D eigenvalue weighted by atomic mass is 16.5. The summed E-state index contributed by atoms with van der Waals surface area (Å²) >= 11 is 0. The van der Waals surface area contributed by atoms with Crippen molar-refractivity contribution in [2.45, 2.75) is 26.1 Å². The van der Waals surface area contributed by atoms with Crippen molar-refractivity contribution in [1.29, 1.82) is 0 Å². The molecule has 0 radical (unpaired) electrons. The first kappa shape index (κ1) is 11.7. The van der Waals surface area contributed by atoms with Gasteiger partial charge >= 0.3 is 0 Å². The fraction of sp³-hybridized carbons (Fsp3) is 0.308. The third-order valence-corrected chi connectivity index (χ3v) is 2.74. The summed E-state index contributed by atoms with van der Waals surface area (Å²) < 4.78 is 5.80. The molecule has 0 fully saturated rings. The van der Waals surface area contributed by atoms with E-state index < -0.39 is 5.60 Å². The molecule has 0 atom stereocenters. The van der Waals surface area contributed by atoms with Crippen molar-refractivity contribution in [3.63, 3.8) is 0 Å². The van der Waals surface area contributed by atoms with E-state index in [-0.39, 0.29) is 5.56 Å². The van der Waals surface area contributed by atoms with Gasteiger partial charge in [-0.05, 0) is 19.4 Å². The van der Waals surface area contributed by atoms with Crippen LogP contribution in [0, 0.1) is 0 Å². The molecule has 1 aromatic carbocycles. The molecule has 2 aromatic rings. The van der Waals surface area contributed by atoms with Gasteiger partial charge in [0.1, 0.15) is 0 Å². The first-order valence-electron chi connectivity index (χ1n) is 5.54. The van der Waals surface area contributed by atoms with Crippen molar-refractivity contribution in [2.75, 3.05) is 0 Å². The summed E-state index contributed by atoms with van der Waals surface area (Å²) in [6.45, 7) is 4.25. The van der Waals surface area contributed by atoms with Crippen LogP contribution in [0.3, 0.4) is 0 Å². The van der Waals surface area contributed by atoms with Gasteiger partial charge in [-0.15, -0.1) is 0 Å². The molecule has 4 nitrogen and oxygen atoms in total. The Bertz CT molecular complexity index is 526. The largest absolute Gasteiger partial charge is 0.366 e. The molecule has 0 aliphatic heterocycles. The normalized spacial score (nSPS) is 11.6. The van der Waals surface area contributed by atoms with Gasteiger partial charge in [-0.3, -0.25) is 9.89 Å². The molecule has 4 heteroatoms. The van der Waals surface area contributed by atoms with Crippen LogP contribution in [-0.2, 0) is 16.9 Å². The maximum Gasteiger partial charge on any atom is 0.269 e. The molecule has 1 aromatic heterocycles. The SMILES string of the molecule is CC(C)(OCc1ccccc1)c1c[nH][nH]c1=O. The number of benzene rings is 1. The zero-order valence-corrected chi connectivity index (χ0v) is 9.99. The van der Waals surface area contributed by atoms with E-state index in [1.54, 1.807) is 6.20 Å². The Hall–Kier alpha value is -1.81. The average Bonchev–Trinajstić information content (AvgIpc) is 2.75. The first-order chi connectivity index (χ1) is 8.09. The van der Waals surface area contributed by atoms with Gasteiger partial charge in [-0.1, -0.05) is 30.3 Å². The lowest BCUT2D eigenvalue weighted by Gasteiger charge is -2.23. The number of aromatic nitrogens is 2. The summed E-state index contributed by atoms with van der Waals surface area (Å²) in [5.74, 6) is 0. The van der Waals surface area contributed by atoms with Gasteiger partial charge in [0, 0.05) is 6.20 Å². The molecule has 2 rings (SSSR count). The maximum atomic E-state index is 11.5. The van der Waals surface area contributed by atoms with Gasteiger partial charge in [-0.2, -0.15) is 0 Å². The standard InChI is InChI=1S/C13H16N2O2/c1-13(2,11-8-14-15-12(11)16)17-9-10-6-4-3-5-7-10/h3-8H,9H2,1-2H3,(H2,14,15,16). The van der Waals surface area contributed by atoms with Crippen molar-refractivity contribution in [3.05, 3.63) is 58.0 Å². The van der Waals surface area contributed by atoms with E-state index in [1.807, 2.05) is 44.2 Å². The number of hydrogen-bond acceptors (Lipinski definition) is 2. The van der Waals surface area contributed by atoms with E-state index in [1.165, 1.54) is 0 Å². The quantitative estimate of drug-likeness (QED) is 0.848. The van der Waals surface area contributed by atoms with Gasteiger partial charge < -0.3 is 9.84 Å². The van der Waals surface area contributed by atoms with Gasteiger partial charge in [0.25, 0.3) is 5.56 Å². The summed E-state index contributed by atoms with van der Waals surface area (Å²) in [7, 11) is 0. The summed E-state index contributed by atoms with van der Waals surface area (Å²) in [5.41, 5.74) is 0.952. The molecule has 0 aliphatic carbocycles. The van der Waals surface area contributed by atoms with Crippen LogP contribution in [0.5, 0.6) is 0 Å². The second-order valence-corrected chi connectivity index (χ2v) is 4.44. The van der Waals surface area contributed by atoms with Crippen LogP contribution in [0.25, 0.3) is 0 Å². The van der Waals surface area contributed by atoms with Crippen LogP contribution in [0.4, 0.5) is 0 Å². The minimum atomic E-state index is -0.608. The first-order valence-corrected chi connectivity index (χ1v) is 5.54.